The van der Waals surface area contributed by atoms with E-state index in [-0.39, 0.29) is 0 Å². The minimum atomic E-state index is 0.555. The largest absolute Gasteiger partial charge is 0.356 e. The molecule has 2 N–H and O–H groups in total. The van der Waals surface area contributed by atoms with Crippen molar-refractivity contribution in [3.63, 3.8) is 0 Å². The molecule has 3 aromatic heterocycles. The van der Waals surface area contributed by atoms with E-state index in [1.807, 2.05) is 6.92 Å². The number of nitrogens with zero attached hydrogens (tertiary/aromatic N) is 4. The predicted octanol–water partition coefficient (Wildman–Crippen LogP) is 3.36. The summed E-state index contributed by atoms with van der Waals surface area (Å²) in [6.45, 7) is 4.94. The van der Waals surface area contributed by atoms with E-state index < -0.39 is 0 Å². The third-order valence-electron chi connectivity index (χ3n) is 5.44. The molecule has 5 rings (SSSR count). The summed E-state index contributed by atoms with van der Waals surface area (Å²) in [5.74, 6) is 2.68. The van der Waals surface area contributed by atoms with Gasteiger partial charge in [-0.1, -0.05) is 0 Å². The molecule has 7 heteroatoms. The van der Waals surface area contributed by atoms with Gasteiger partial charge in [0.2, 0.25) is 0 Å². The van der Waals surface area contributed by atoms with Crippen LogP contribution in [0.25, 0.3) is 10.2 Å². The van der Waals surface area contributed by atoms with Crippen LogP contribution in [-0.2, 0) is 6.54 Å². The Bertz CT molecular complexity index is 904. The van der Waals surface area contributed by atoms with Crippen LogP contribution in [0, 0.1) is 6.92 Å². The summed E-state index contributed by atoms with van der Waals surface area (Å²) in [5, 5.41) is 14.6. The molecule has 2 fully saturated rings. The van der Waals surface area contributed by atoms with Crippen LogP contribution in [0.5, 0.6) is 0 Å². The van der Waals surface area contributed by atoms with Gasteiger partial charge in [-0.2, -0.15) is 5.10 Å². The first-order valence-corrected chi connectivity index (χ1v) is 10.4. The maximum absolute atomic E-state index is 4.73. The second kappa shape index (κ2) is 6.63. The summed E-state index contributed by atoms with van der Waals surface area (Å²) in [4.78, 5) is 12.8. The predicted molar refractivity (Wildman–Crippen MR) is 105 cm³/mol. The van der Waals surface area contributed by atoms with E-state index in [1.54, 1.807) is 11.3 Å². The molecule has 136 valence electrons. The SMILES string of the molecule is Cc1nc(N2CCC(NCc3cc(C4CC4)n[nH]3)CC2)c2ccsc2n1. The normalized spacial score (nSPS) is 18.7. The second-order valence-electron chi connectivity index (χ2n) is 7.47. The van der Waals surface area contributed by atoms with Crippen LogP contribution >= 0.6 is 11.3 Å². The fraction of sp³-hybridized carbons (Fsp3) is 0.526. The zero-order valence-electron chi connectivity index (χ0n) is 15.0. The highest BCUT2D eigenvalue weighted by Gasteiger charge is 2.26. The number of H-pyrrole nitrogens is 1. The van der Waals surface area contributed by atoms with E-state index in [4.69, 9.17) is 4.98 Å². The number of rotatable bonds is 5. The Labute approximate surface area is 157 Å². The van der Waals surface area contributed by atoms with E-state index in [0.717, 1.165) is 48.9 Å². The highest BCUT2D eigenvalue weighted by Crippen LogP contribution is 2.39. The molecule has 26 heavy (non-hydrogen) atoms. The lowest BCUT2D eigenvalue weighted by atomic mass is 10.0. The molecule has 4 heterocycles. The monoisotopic (exact) mass is 368 g/mol. The first-order valence-electron chi connectivity index (χ1n) is 9.50. The minimum Gasteiger partial charge on any atom is -0.356 e. The molecule has 0 radical (unpaired) electrons. The van der Waals surface area contributed by atoms with Crippen molar-refractivity contribution in [3.8, 4) is 0 Å². The molecule has 1 saturated heterocycles. The quantitative estimate of drug-likeness (QED) is 0.723. The van der Waals surface area contributed by atoms with Crippen LogP contribution in [0.1, 0.15) is 48.8 Å². The molecule has 0 bridgehead atoms. The van der Waals surface area contributed by atoms with E-state index in [1.165, 1.54) is 29.6 Å². The summed E-state index contributed by atoms with van der Waals surface area (Å²) in [6.07, 6.45) is 4.88. The van der Waals surface area contributed by atoms with Gasteiger partial charge in [-0.3, -0.25) is 5.10 Å². The smallest absolute Gasteiger partial charge is 0.141 e. The molecule has 0 spiro atoms. The van der Waals surface area contributed by atoms with Gasteiger partial charge in [0.25, 0.3) is 0 Å². The van der Waals surface area contributed by atoms with Gasteiger partial charge in [0.05, 0.1) is 11.1 Å². The van der Waals surface area contributed by atoms with Crippen molar-refractivity contribution < 1.29 is 0 Å². The lowest BCUT2D eigenvalue weighted by Crippen LogP contribution is -2.42. The Morgan fingerprint density at radius 3 is 2.88 bits per heavy atom. The van der Waals surface area contributed by atoms with Crippen molar-refractivity contribution in [2.24, 2.45) is 0 Å². The van der Waals surface area contributed by atoms with E-state index in [2.05, 4.69) is 42.9 Å². The van der Waals surface area contributed by atoms with Crippen molar-refractivity contribution >= 4 is 27.4 Å². The molecule has 0 aromatic carbocycles. The number of anilines is 1. The molecule has 0 amide bonds. The van der Waals surface area contributed by atoms with Crippen LogP contribution in [0.4, 0.5) is 5.82 Å². The maximum Gasteiger partial charge on any atom is 0.141 e. The lowest BCUT2D eigenvalue weighted by Gasteiger charge is -2.33. The summed E-state index contributed by atoms with van der Waals surface area (Å²) in [5.41, 5.74) is 2.45. The Morgan fingerprint density at radius 1 is 1.23 bits per heavy atom. The van der Waals surface area contributed by atoms with Gasteiger partial charge in [0.15, 0.2) is 0 Å². The fourth-order valence-electron chi connectivity index (χ4n) is 3.79. The van der Waals surface area contributed by atoms with Gasteiger partial charge < -0.3 is 10.2 Å². The first-order chi connectivity index (χ1) is 12.8. The summed E-state index contributed by atoms with van der Waals surface area (Å²) >= 11 is 1.69. The number of piperidine rings is 1. The third-order valence-corrected chi connectivity index (χ3v) is 6.25. The Hall–Kier alpha value is -1.99. The maximum atomic E-state index is 4.73. The van der Waals surface area contributed by atoms with Gasteiger partial charge in [-0.25, -0.2) is 9.97 Å². The van der Waals surface area contributed by atoms with Gasteiger partial charge >= 0.3 is 0 Å². The average molecular weight is 369 g/mol. The van der Waals surface area contributed by atoms with E-state index in [0.29, 0.717) is 12.0 Å². The molecule has 3 aromatic rings. The molecule has 1 aliphatic heterocycles. The number of hydrogen-bond donors (Lipinski definition) is 2. The highest BCUT2D eigenvalue weighted by molar-refractivity contribution is 7.16. The van der Waals surface area contributed by atoms with Gasteiger partial charge in [0, 0.05) is 37.3 Å². The molecule has 6 nitrogen and oxygen atoms in total. The van der Waals surface area contributed by atoms with Crippen LogP contribution in [-0.4, -0.2) is 39.3 Å². The van der Waals surface area contributed by atoms with Crippen LogP contribution in [0.2, 0.25) is 0 Å². The zero-order chi connectivity index (χ0) is 17.5. The van der Waals surface area contributed by atoms with E-state index >= 15 is 0 Å². The van der Waals surface area contributed by atoms with Crippen LogP contribution in [0.3, 0.4) is 0 Å². The minimum absolute atomic E-state index is 0.555. The van der Waals surface area contributed by atoms with Gasteiger partial charge in [0.1, 0.15) is 16.5 Å². The van der Waals surface area contributed by atoms with Crippen LogP contribution < -0.4 is 10.2 Å². The number of hydrogen-bond acceptors (Lipinski definition) is 6. The Kier molecular flexibility index (Phi) is 4.13. The summed E-state index contributed by atoms with van der Waals surface area (Å²) in [7, 11) is 0. The number of aromatic nitrogens is 4. The molecule has 0 unspecified atom stereocenters. The lowest BCUT2D eigenvalue weighted by molar-refractivity contribution is 0.411. The standard InChI is InChI=1S/C19H24N6S/c1-12-21-18(16-6-9-26-19(16)22-12)25-7-4-14(5-8-25)20-11-15-10-17(24-23-15)13-2-3-13/h6,9-10,13-14,20H,2-5,7-8,11H2,1H3,(H,23,24). The summed E-state index contributed by atoms with van der Waals surface area (Å²) < 4.78 is 0. The number of aromatic amines is 1. The molecule has 1 aliphatic carbocycles. The number of aryl methyl sites for hydroxylation is 1. The molecule has 0 atom stereocenters. The van der Waals surface area contributed by atoms with Crippen LogP contribution in [0.15, 0.2) is 17.5 Å². The highest BCUT2D eigenvalue weighted by atomic mass is 32.1. The van der Waals surface area contributed by atoms with Crippen molar-refractivity contribution in [2.75, 3.05) is 18.0 Å². The summed E-state index contributed by atoms with van der Waals surface area (Å²) in [6, 6.07) is 4.94. The molecule has 1 saturated carbocycles. The zero-order valence-corrected chi connectivity index (χ0v) is 15.9. The van der Waals surface area contributed by atoms with Crippen molar-refractivity contribution in [1.82, 2.24) is 25.5 Å². The second-order valence-corrected chi connectivity index (χ2v) is 8.36. The molecular weight excluding hydrogens is 344 g/mol. The molecular formula is C19H24N6S. The van der Waals surface area contributed by atoms with Gasteiger partial charge in [-0.15, -0.1) is 11.3 Å². The molecule has 2 aliphatic rings. The van der Waals surface area contributed by atoms with Crippen molar-refractivity contribution in [1.29, 1.82) is 0 Å². The Balaban J connectivity index is 1.19. The number of nitrogens with one attached hydrogen (secondary N) is 2. The third kappa shape index (κ3) is 3.21. The number of fused-ring (bicyclic) bond motifs is 1. The Morgan fingerprint density at radius 2 is 2.08 bits per heavy atom. The average Bonchev–Trinajstić information content (AvgIpc) is 3.21. The van der Waals surface area contributed by atoms with Gasteiger partial charge in [-0.05, 0) is 50.1 Å². The first kappa shape index (κ1) is 16.2. The van der Waals surface area contributed by atoms with E-state index in [9.17, 15) is 0 Å². The number of thiophene rings is 1. The van der Waals surface area contributed by atoms with Crippen molar-refractivity contribution in [2.45, 2.75) is 51.1 Å². The topological polar surface area (TPSA) is 69.7 Å². The van der Waals surface area contributed by atoms with Crippen molar-refractivity contribution in [3.05, 3.63) is 34.7 Å². The fourth-order valence-corrected chi connectivity index (χ4v) is 4.60.